The van der Waals surface area contributed by atoms with Crippen LogP contribution in [0.2, 0.25) is 5.02 Å². The molecule has 1 N–H and O–H groups in total. The summed E-state index contributed by atoms with van der Waals surface area (Å²) in [6.07, 6.45) is 3.65. The van der Waals surface area contributed by atoms with Crippen molar-refractivity contribution in [1.29, 1.82) is 0 Å². The lowest BCUT2D eigenvalue weighted by atomic mass is 10.0. The van der Waals surface area contributed by atoms with Gasteiger partial charge >= 0.3 is 0 Å². The monoisotopic (exact) mass is 430 g/mol. The Morgan fingerprint density at radius 3 is 2.83 bits per heavy atom. The number of hydrogen-bond donors (Lipinski definition) is 1. The van der Waals surface area contributed by atoms with E-state index >= 15 is 0 Å². The maximum absolute atomic E-state index is 13.2. The molecule has 0 spiro atoms. The number of pyridine rings is 1. The molecular weight excluding hydrogens is 411 g/mol. The molecule has 1 saturated heterocycles. The molecule has 30 heavy (non-hydrogen) atoms. The average Bonchev–Trinajstić information content (AvgIpc) is 2.76. The van der Waals surface area contributed by atoms with Crippen LogP contribution in [0.15, 0.2) is 53.5 Å². The molecule has 3 aromatic rings. The molecule has 0 bridgehead atoms. The number of anilines is 1. The van der Waals surface area contributed by atoms with Crippen molar-refractivity contribution in [2.45, 2.75) is 12.8 Å². The van der Waals surface area contributed by atoms with Gasteiger partial charge in [0.05, 0.1) is 24.2 Å². The van der Waals surface area contributed by atoms with Gasteiger partial charge in [-0.2, -0.15) is 19.2 Å². The highest BCUT2D eigenvalue weighted by Gasteiger charge is 2.16. The van der Waals surface area contributed by atoms with E-state index in [1.54, 1.807) is 30.3 Å². The average molecular weight is 431 g/mol. The van der Waals surface area contributed by atoms with E-state index in [0.717, 1.165) is 19.4 Å². The summed E-state index contributed by atoms with van der Waals surface area (Å²) in [5, 5.41) is 7.49. The van der Waals surface area contributed by atoms with Gasteiger partial charge in [-0.3, -0.25) is 4.79 Å². The van der Waals surface area contributed by atoms with Crippen LogP contribution in [-0.4, -0.2) is 34.5 Å². The molecule has 1 aliphatic heterocycles. The van der Waals surface area contributed by atoms with Crippen molar-refractivity contribution in [2.75, 3.05) is 25.1 Å². The van der Waals surface area contributed by atoms with Gasteiger partial charge in [0.25, 0.3) is 5.56 Å². The van der Waals surface area contributed by atoms with Gasteiger partial charge in [-0.05, 0) is 49.1 Å². The number of nitrogens with zero attached hydrogens (tertiary/aromatic N) is 3. The fraction of sp³-hybridized carbons (Fsp3) is 0.286. The van der Waals surface area contributed by atoms with Crippen molar-refractivity contribution >= 4 is 17.3 Å². The number of nitrogens with one attached hydrogen (secondary N) is 1. The summed E-state index contributed by atoms with van der Waals surface area (Å²) in [6, 6.07) is 10.9. The molecule has 3 heterocycles. The lowest BCUT2D eigenvalue weighted by Gasteiger charge is -2.22. The second-order valence-corrected chi connectivity index (χ2v) is 7.33. The quantitative estimate of drug-likeness (QED) is 0.594. The van der Waals surface area contributed by atoms with Crippen molar-refractivity contribution in [3.05, 3.63) is 70.0 Å². The summed E-state index contributed by atoms with van der Waals surface area (Å²) in [4.78, 5) is 16.3. The van der Waals surface area contributed by atoms with Crippen LogP contribution in [0, 0.1) is 11.9 Å². The van der Waals surface area contributed by atoms with Gasteiger partial charge in [-0.15, -0.1) is 0 Å². The van der Waals surface area contributed by atoms with E-state index < -0.39 is 11.5 Å². The summed E-state index contributed by atoms with van der Waals surface area (Å²) in [5.41, 5.74) is 0.594. The van der Waals surface area contributed by atoms with Gasteiger partial charge in [0.2, 0.25) is 11.8 Å². The standard InChI is InChI=1S/C21H20ClFN4O3/c22-20-17(24-11-14-3-2-10-29-13-14)12-25-27(21(20)28)15-6-8-16(9-7-15)30-19-5-1-4-18(23)26-19/h1,4-9,12,14,24H,2-3,10-11,13H2/t14-/m0/s1. The molecule has 0 radical (unpaired) electrons. The molecule has 0 unspecified atom stereocenters. The van der Waals surface area contributed by atoms with Crippen molar-refractivity contribution in [1.82, 2.24) is 14.8 Å². The predicted molar refractivity (Wildman–Crippen MR) is 111 cm³/mol. The summed E-state index contributed by atoms with van der Waals surface area (Å²) < 4.78 is 25.4. The Labute approximate surface area is 177 Å². The molecule has 9 heteroatoms. The fourth-order valence-electron chi connectivity index (χ4n) is 3.19. The van der Waals surface area contributed by atoms with Gasteiger partial charge < -0.3 is 14.8 Å². The summed E-state index contributed by atoms with van der Waals surface area (Å²) in [7, 11) is 0. The van der Waals surface area contributed by atoms with Gasteiger partial charge in [0.15, 0.2) is 0 Å². The molecule has 1 aliphatic rings. The minimum Gasteiger partial charge on any atom is -0.439 e. The molecule has 1 fully saturated rings. The van der Waals surface area contributed by atoms with Crippen LogP contribution in [0.25, 0.3) is 5.69 Å². The van der Waals surface area contributed by atoms with Crippen LogP contribution in [-0.2, 0) is 4.74 Å². The van der Waals surface area contributed by atoms with E-state index in [-0.39, 0.29) is 10.9 Å². The Hall–Kier alpha value is -2.97. The zero-order valence-electron chi connectivity index (χ0n) is 16.1. The van der Waals surface area contributed by atoms with Crippen LogP contribution in [0.1, 0.15) is 12.8 Å². The number of hydrogen-bond acceptors (Lipinski definition) is 6. The second kappa shape index (κ2) is 9.23. The third kappa shape index (κ3) is 4.77. The highest BCUT2D eigenvalue weighted by molar-refractivity contribution is 6.32. The van der Waals surface area contributed by atoms with Gasteiger partial charge in [-0.25, -0.2) is 0 Å². The molecule has 156 valence electrons. The minimum absolute atomic E-state index is 0.0750. The second-order valence-electron chi connectivity index (χ2n) is 6.95. The Bertz CT molecular complexity index is 1070. The maximum Gasteiger partial charge on any atom is 0.292 e. The molecule has 4 rings (SSSR count). The first-order valence-corrected chi connectivity index (χ1v) is 9.98. The van der Waals surface area contributed by atoms with Crippen molar-refractivity contribution in [2.24, 2.45) is 5.92 Å². The number of halogens is 2. The Kier molecular flexibility index (Phi) is 6.25. The molecule has 1 atom stereocenters. The smallest absolute Gasteiger partial charge is 0.292 e. The highest BCUT2D eigenvalue weighted by atomic mass is 35.5. The van der Waals surface area contributed by atoms with E-state index in [1.807, 2.05) is 0 Å². The van der Waals surface area contributed by atoms with E-state index in [0.29, 0.717) is 36.2 Å². The topological polar surface area (TPSA) is 78.3 Å². The fourth-order valence-corrected chi connectivity index (χ4v) is 3.38. The van der Waals surface area contributed by atoms with Crippen LogP contribution in [0.3, 0.4) is 0 Å². The van der Waals surface area contributed by atoms with E-state index in [4.69, 9.17) is 21.1 Å². The molecule has 0 saturated carbocycles. The highest BCUT2D eigenvalue weighted by Crippen LogP contribution is 2.22. The van der Waals surface area contributed by atoms with Gasteiger partial charge in [0, 0.05) is 19.2 Å². The predicted octanol–water partition coefficient (Wildman–Crippen LogP) is 4.05. The Morgan fingerprint density at radius 1 is 1.27 bits per heavy atom. The molecule has 0 aliphatic carbocycles. The van der Waals surface area contributed by atoms with Crippen LogP contribution >= 0.6 is 11.6 Å². The van der Waals surface area contributed by atoms with Crippen molar-refractivity contribution in [3.8, 4) is 17.3 Å². The summed E-state index contributed by atoms with van der Waals surface area (Å²) in [6.45, 7) is 2.18. The zero-order valence-corrected chi connectivity index (χ0v) is 16.8. The first-order chi connectivity index (χ1) is 14.6. The minimum atomic E-state index is -0.626. The SMILES string of the molecule is O=c1c(Cl)c(NC[C@@H]2CCCOC2)cnn1-c1ccc(Oc2cccc(F)n2)cc1. The van der Waals surface area contributed by atoms with Gasteiger partial charge in [0.1, 0.15) is 10.8 Å². The van der Waals surface area contributed by atoms with E-state index in [2.05, 4.69) is 15.4 Å². The normalized spacial score (nSPS) is 16.3. The number of rotatable bonds is 6. The third-order valence-electron chi connectivity index (χ3n) is 4.75. The van der Waals surface area contributed by atoms with Crippen LogP contribution < -0.4 is 15.6 Å². The summed E-state index contributed by atoms with van der Waals surface area (Å²) in [5.74, 6) is 0.348. The largest absolute Gasteiger partial charge is 0.439 e. The first kappa shape index (κ1) is 20.3. The number of aromatic nitrogens is 3. The van der Waals surface area contributed by atoms with E-state index in [9.17, 15) is 9.18 Å². The van der Waals surface area contributed by atoms with Crippen LogP contribution in [0.5, 0.6) is 11.6 Å². The first-order valence-electron chi connectivity index (χ1n) is 9.60. The summed E-state index contributed by atoms with van der Waals surface area (Å²) >= 11 is 6.28. The number of benzene rings is 1. The Balaban J connectivity index is 1.46. The lowest BCUT2D eigenvalue weighted by molar-refractivity contribution is 0.0595. The van der Waals surface area contributed by atoms with Crippen molar-refractivity contribution in [3.63, 3.8) is 0 Å². The molecular formula is C21H20ClFN4O3. The molecule has 7 nitrogen and oxygen atoms in total. The zero-order chi connectivity index (χ0) is 20.9. The molecule has 2 aromatic heterocycles. The van der Waals surface area contributed by atoms with Crippen LogP contribution in [0.4, 0.5) is 10.1 Å². The molecule has 1 aromatic carbocycles. The third-order valence-corrected chi connectivity index (χ3v) is 5.11. The van der Waals surface area contributed by atoms with Gasteiger partial charge in [-0.1, -0.05) is 17.7 Å². The lowest BCUT2D eigenvalue weighted by Crippen LogP contribution is -2.26. The maximum atomic E-state index is 13.2. The van der Waals surface area contributed by atoms with E-state index in [1.165, 1.54) is 23.0 Å². The van der Waals surface area contributed by atoms with Crippen molar-refractivity contribution < 1.29 is 13.9 Å². The molecule has 0 amide bonds. The Morgan fingerprint density at radius 2 is 2.10 bits per heavy atom. The number of ether oxygens (including phenoxy) is 2.